The van der Waals surface area contributed by atoms with E-state index in [4.69, 9.17) is 9.72 Å². The zero-order chi connectivity index (χ0) is 21.5. The van der Waals surface area contributed by atoms with Crippen LogP contribution in [0.3, 0.4) is 0 Å². The number of ether oxygens (including phenoxy) is 1. The second-order valence-electron chi connectivity index (χ2n) is 8.54. The number of benzene rings is 1. The summed E-state index contributed by atoms with van der Waals surface area (Å²) in [5.41, 5.74) is 9.18. The molecule has 30 heavy (non-hydrogen) atoms. The van der Waals surface area contributed by atoms with E-state index in [1.54, 1.807) is 0 Å². The van der Waals surface area contributed by atoms with Crippen molar-refractivity contribution in [3.8, 4) is 11.3 Å². The fraction of sp³-hybridized carbons (Fsp3) is 0.593. The van der Waals surface area contributed by atoms with Crippen LogP contribution in [-0.4, -0.2) is 29.6 Å². The highest BCUT2D eigenvalue weighted by Crippen LogP contribution is 2.35. The highest BCUT2D eigenvalue weighted by atomic mass is 16.5. The fourth-order valence-electron chi connectivity index (χ4n) is 4.97. The minimum atomic E-state index is 0.145. The Balaban J connectivity index is 2.14. The zero-order valence-corrected chi connectivity index (χ0v) is 19.8. The molecule has 0 N–H and O–H groups in total. The van der Waals surface area contributed by atoms with Crippen LogP contribution < -0.4 is 0 Å². The van der Waals surface area contributed by atoms with Crippen molar-refractivity contribution in [1.29, 1.82) is 0 Å². The Morgan fingerprint density at radius 3 is 2.23 bits per heavy atom. The minimum Gasteiger partial charge on any atom is -0.374 e. The molecular weight excluding hydrogens is 368 g/mol. The summed E-state index contributed by atoms with van der Waals surface area (Å²) >= 11 is 0. The average molecular weight is 409 g/mol. The van der Waals surface area contributed by atoms with Crippen LogP contribution in [0.5, 0.6) is 0 Å². The van der Waals surface area contributed by atoms with Crippen LogP contribution in [0, 0.1) is 6.92 Å². The Hall–Kier alpha value is -1.71. The number of pyridine rings is 1. The molecule has 2 heterocycles. The number of likely N-dealkylation sites (tertiary alicyclic amines) is 1. The zero-order valence-electron chi connectivity index (χ0n) is 19.8. The summed E-state index contributed by atoms with van der Waals surface area (Å²) in [5, 5.41) is 0. The van der Waals surface area contributed by atoms with E-state index < -0.39 is 0 Å². The number of aryl methyl sites for hydroxylation is 3. The number of rotatable bonds is 10. The van der Waals surface area contributed by atoms with Gasteiger partial charge in [0.1, 0.15) is 0 Å². The predicted octanol–water partition coefficient (Wildman–Crippen LogP) is 6.66. The van der Waals surface area contributed by atoms with Gasteiger partial charge in [-0.15, -0.1) is 0 Å². The Kier molecular flexibility index (Phi) is 8.47. The Morgan fingerprint density at radius 2 is 1.67 bits per heavy atom. The third-order valence-corrected chi connectivity index (χ3v) is 6.42. The van der Waals surface area contributed by atoms with Gasteiger partial charge in [0.25, 0.3) is 0 Å². The lowest BCUT2D eigenvalue weighted by Gasteiger charge is -2.26. The number of hydrogen-bond donors (Lipinski definition) is 0. The molecule has 1 aromatic heterocycles. The third kappa shape index (κ3) is 5.12. The average Bonchev–Trinajstić information content (AvgIpc) is 3.26. The minimum absolute atomic E-state index is 0.145. The normalized spacial score (nSPS) is 15.6. The molecule has 0 radical (unpaired) electrons. The molecule has 0 bridgehead atoms. The van der Waals surface area contributed by atoms with E-state index >= 15 is 0 Å². The monoisotopic (exact) mass is 408 g/mol. The van der Waals surface area contributed by atoms with Crippen LogP contribution in [0.15, 0.2) is 24.3 Å². The standard InChI is InChI=1S/C27H40N2O/c1-6-13-25(30-9-4)26-20(5)28-24(18-23(26)19-29-16-10-11-17-29)27-21(7-2)14-12-15-22(27)8-3/h12,14-15,18,25H,6-11,13,16-17,19H2,1-5H3. The fourth-order valence-corrected chi connectivity index (χ4v) is 4.97. The molecule has 1 saturated heterocycles. The predicted molar refractivity (Wildman–Crippen MR) is 127 cm³/mol. The first kappa shape index (κ1) is 23.0. The summed E-state index contributed by atoms with van der Waals surface area (Å²) in [5.74, 6) is 0. The van der Waals surface area contributed by atoms with Crippen molar-refractivity contribution < 1.29 is 4.74 Å². The molecule has 2 aromatic rings. The molecule has 3 rings (SSSR count). The first-order valence-electron chi connectivity index (χ1n) is 12.1. The molecule has 1 aliphatic heterocycles. The highest BCUT2D eigenvalue weighted by molar-refractivity contribution is 5.69. The summed E-state index contributed by atoms with van der Waals surface area (Å²) < 4.78 is 6.23. The lowest BCUT2D eigenvalue weighted by Crippen LogP contribution is -2.21. The maximum Gasteiger partial charge on any atom is 0.0845 e. The molecule has 1 unspecified atom stereocenters. The van der Waals surface area contributed by atoms with E-state index in [1.165, 1.54) is 53.7 Å². The van der Waals surface area contributed by atoms with E-state index in [0.29, 0.717) is 0 Å². The summed E-state index contributed by atoms with van der Waals surface area (Å²) in [6.07, 6.45) is 7.01. The first-order chi connectivity index (χ1) is 14.6. The van der Waals surface area contributed by atoms with Gasteiger partial charge in [0.15, 0.2) is 0 Å². The quantitative estimate of drug-likeness (QED) is 0.440. The molecule has 1 fully saturated rings. The molecule has 164 valence electrons. The van der Waals surface area contributed by atoms with Crippen LogP contribution in [0.4, 0.5) is 0 Å². The van der Waals surface area contributed by atoms with Gasteiger partial charge >= 0.3 is 0 Å². The van der Waals surface area contributed by atoms with E-state index in [9.17, 15) is 0 Å². The molecule has 1 aliphatic rings. The van der Waals surface area contributed by atoms with Crippen LogP contribution in [0.1, 0.15) is 87.4 Å². The van der Waals surface area contributed by atoms with Crippen LogP contribution in [-0.2, 0) is 24.1 Å². The van der Waals surface area contributed by atoms with Gasteiger partial charge in [0.2, 0.25) is 0 Å². The van der Waals surface area contributed by atoms with Crippen molar-refractivity contribution >= 4 is 0 Å². The molecule has 0 saturated carbocycles. The second kappa shape index (κ2) is 11.1. The van der Waals surface area contributed by atoms with Crippen molar-refractivity contribution in [3.63, 3.8) is 0 Å². The summed E-state index contributed by atoms with van der Waals surface area (Å²) in [6.45, 7) is 15.2. The molecule has 0 amide bonds. The molecule has 1 atom stereocenters. The van der Waals surface area contributed by atoms with E-state index in [1.807, 2.05) is 0 Å². The molecule has 3 heteroatoms. The summed E-state index contributed by atoms with van der Waals surface area (Å²) in [7, 11) is 0. The Bertz CT molecular complexity index is 796. The first-order valence-corrected chi connectivity index (χ1v) is 12.1. The summed E-state index contributed by atoms with van der Waals surface area (Å²) in [6, 6.07) is 9.11. The largest absolute Gasteiger partial charge is 0.374 e. The van der Waals surface area contributed by atoms with Gasteiger partial charge in [-0.05, 0) is 81.8 Å². The van der Waals surface area contributed by atoms with E-state index in [0.717, 1.165) is 50.2 Å². The summed E-state index contributed by atoms with van der Waals surface area (Å²) in [4.78, 5) is 7.78. The van der Waals surface area contributed by atoms with Crippen molar-refractivity contribution in [1.82, 2.24) is 9.88 Å². The molecule has 0 spiro atoms. The Morgan fingerprint density at radius 1 is 1.00 bits per heavy atom. The molecule has 1 aromatic carbocycles. The van der Waals surface area contributed by atoms with Crippen molar-refractivity contribution in [2.45, 2.75) is 85.8 Å². The van der Waals surface area contributed by atoms with Crippen LogP contribution >= 0.6 is 0 Å². The van der Waals surface area contributed by atoms with Gasteiger partial charge < -0.3 is 4.74 Å². The topological polar surface area (TPSA) is 25.4 Å². The van der Waals surface area contributed by atoms with Crippen molar-refractivity contribution in [2.24, 2.45) is 0 Å². The van der Waals surface area contributed by atoms with Crippen molar-refractivity contribution in [2.75, 3.05) is 19.7 Å². The third-order valence-electron chi connectivity index (χ3n) is 6.42. The second-order valence-corrected chi connectivity index (χ2v) is 8.54. The number of aromatic nitrogens is 1. The lowest BCUT2D eigenvalue weighted by molar-refractivity contribution is 0.0539. The number of hydrogen-bond acceptors (Lipinski definition) is 3. The molecule has 3 nitrogen and oxygen atoms in total. The molecular formula is C27H40N2O. The van der Waals surface area contributed by atoms with Gasteiger partial charge in [-0.1, -0.05) is 45.4 Å². The van der Waals surface area contributed by atoms with Crippen LogP contribution in [0.2, 0.25) is 0 Å². The van der Waals surface area contributed by atoms with Gasteiger partial charge in [0.05, 0.1) is 11.8 Å². The van der Waals surface area contributed by atoms with Crippen LogP contribution in [0.25, 0.3) is 11.3 Å². The van der Waals surface area contributed by atoms with Gasteiger partial charge in [0, 0.05) is 30.0 Å². The maximum absolute atomic E-state index is 6.23. The van der Waals surface area contributed by atoms with E-state index in [2.05, 4.69) is 63.8 Å². The smallest absolute Gasteiger partial charge is 0.0845 e. The maximum atomic E-state index is 6.23. The lowest BCUT2D eigenvalue weighted by atomic mass is 9.91. The van der Waals surface area contributed by atoms with Gasteiger partial charge in [-0.25, -0.2) is 0 Å². The molecule has 0 aliphatic carbocycles. The van der Waals surface area contributed by atoms with Gasteiger partial charge in [-0.2, -0.15) is 0 Å². The van der Waals surface area contributed by atoms with Gasteiger partial charge in [-0.3, -0.25) is 9.88 Å². The van der Waals surface area contributed by atoms with Crippen molar-refractivity contribution in [3.05, 3.63) is 52.2 Å². The Labute approximate surface area is 183 Å². The number of nitrogens with zero attached hydrogens (tertiary/aromatic N) is 2. The van der Waals surface area contributed by atoms with E-state index in [-0.39, 0.29) is 6.10 Å². The highest BCUT2D eigenvalue weighted by Gasteiger charge is 2.23. The SMILES string of the molecule is CCCC(OCC)c1c(CN2CCCC2)cc(-c2c(CC)cccc2CC)nc1C.